The molecule has 3 aromatic carbocycles. The molecule has 0 fully saturated rings. The standard InChI is InChI=1S/C22H16ClFN4O/c1-13-6-9-15(10-7-13)25-20-16-4-2-3-5-18(16)26-21(28-20)22(29)27-19-11-8-14(23)12-17(19)24/h2-12H,1H3,(H,27,29)(H,25,26,28). The molecular formula is C22H16ClFN4O. The lowest BCUT2D eigenvalue weighted by Crippen LogP contribution is -2.17. The minimum atomic E-state index is -0.635. The van der Waals surface area contributed by atoms with Gasteiger partial charge in [-0.2, -0.15) is 0 Å². The number of nitrogens with one attached hydrogen (secondary N) is 2. The Bertz CT molecular complexity index is 1210. The number of hydrogen-bond acceptors (Lipinski definition) is 4. The molecule has 0 saturated carbocycles. The molecule has 1 amide bonds. The van der Waals surface area contributed by atoms with E-state index < -0.39 is 11.7 Å². The molecule has 0 saturated heterocycles. The molecule has 0 aliphatic heterocycles. The lowest BCUT2D eigenvalue weighted by atomic mass is 10.2. The van der Waals surface area contributed by atoms with Crippen LogP contribution in [0.1, 0.15) is 16.2 Å². The van der Waals surface area contributed by atoms with Gasteiger partial charge in [0.1, 0.15) is 11.6 Å². The van der Waals surface area contributed by atoms with Crippen LogP contribution in [0.25, 0.3) is 10.9 Å². The fourth-order valence-corrected chi connectivity index (χ4v) is 2.97. The number of carbonyl (C=O) groups excluding carboxylic acids is 1. The molecular weight excluding hydrogens is 391 g/mol. The van der Waals surface area contributed by atoms with Crippen LogP contribution in [0, 0.1) is 12.7 Å². The van der Waals surface area contributed by atoms with Gasteiger partial charge in [0.25, 0.3) is 5.91 Å². The third-order valence-corrected chi connectivity index (χ3v) is 4.54. The molecule has 0 unspecified atom stereocenters. The number of aromatic nitrogens is 2. The Balaban J connectivity index is 1.70. The summed E-state index contributed by atoms with van der Waals surface area (Å²) in [4.78, 5) is 21.4. The fraction of sp³-hybridized carbons (Fsp3) is 0.0455. The van der Waals surface area contributed by atoms with E-state index >= 15 is 0 Å². The SMILES string of the molecule is Cc1ccc(Nc2nc(C(=O)Nc3ccc(Cl)cc3F)nc3ccccc23)cc1. The molecule has 0 aliphatic rings. The monoisotopic (exact) mass is 406 g/mol. The Morgan fingerprint density at radius 3 is 2.52 bits per heavy atom. The summed E-state index contributed by atoms with van der Waals surface area (Å²) in [6.07, 6.45) is 0. The molecule has 144 valence electrons. The van der Waals surface area contributed by atoms with Crippen LogP contribution >= 0.6 is 11.6 Å². The number of anilines is 3. The molecule has 0 aliphatic carbocycles. The number of hydrogen-bond donors (Lipinski definition) is 2. The summed E-state index contributed by atoms with van der Waals surface area (Å²) in [5, 5.41) is 6.73. The van der Waals surface area contributed by atoms with Crippen LogP contribution in [0.4, 0.5) is 21.6 Å². The number of aryl methyl sites for hydroxylation is 1. The molecule has 0 atom stereocenters. The summed E-state index contributed by atoms with van der Waals surface area (Å²) in [6, 6.07) is 19.2. The first kappa shape index (κ1) is 18.8. The predicted molar refractivity (Wildman–Crippen MR) is 113 cm³/mol. The quantitative estimate of drug-likeness (QED) is 0.454. The molecule has 7 heteroatoms. The second kappa shape index (κ2) is 7.85. The summed E-state index contributed by atoms with van der Waals surface area (Å²) in [5.41, 5.74) is 2.56. The maximum atomic E-state index is 14.0. The highest BCUT2D eigenvalue weighted by Gasteiger charge is 2.16. The van der Waals surface area contributed by atoms with Crippen molar-refractivity contribution in [3.63, 3.8) is 0 Å². The van der Waals surface area contributed by atoms with E-state index in [9.17, 15) is 9.18 Å². The highest BCUT2D eigenvalue weighted by molar-refractivity contribution is 6.30. The van der Waals surface area contributed by atoms with Gasteiger partial charge in [-0.1, -0.05) is 41.4 Å². The first-order valence-electron chi connectivity index (χ1n) is 8.86. The van der Waals surface area contributed by atoms with Crippen LogP contribution in [0.5, 0.6) is 0 Å². The van der Waals surface area contributed by atoms with Crippen LogP contribution in [0.3, 0.4) is 0 Å². The fourth-order valence-electron chi connectivity index (χ4n) is 2.82. The van der Waals surface area contributed by atoms with Crippen LogP contribution in [0.15, 0.2) is 66.7 Å². The first-order valence-corrected chi connectivity index (χ1v) is 9.24. The van der Waals surface area contributed by atoms with Crippen molar-refractivity contribution in [1.29, 1.82) is 0 Å². The molecule has 1 heterocycles. The predicted octanol–water partition coefficient (Wildman–Crippen LogP) is 5.73. The number of halogens is 2. The summed E-state index contributed by atoms with van der Waals surface area (Å²) in [7, 11) is 0. The number of carbonyl (C=O) groups is 1. The number of fused-ring (bicyclic) bond motifs is 1. The van der Waals surface area contributed by atoms with Crippen LogP contribution in [0.2, 0.25) is 5.02 Å². The van der Waals surface area contributed by atoms with E-state index in [0.717, 1.165) is 22.7 Å². The smallest absolute Gasteiger partial charge is 0.293 e. The Morgan fingerprint density at radius 1 is 1.00 bits per heavy atom. The van der Waals surface area contributed by atoms with Gasteiger partial charge in [0.2, 0.25) is 5.82 Å². The second-order valence-electron chi connectivity index (χ2n) is 6.48. The van der Waals surface area contributed by atoms with Crippen molar-refractivity contribution in [3.05, 3.63) is 89.0 Å². The zero-order valence-corrected chi connectivity index (χ0v) is 16.2. The van der Waals surface area contributed by atoms with Gasteiger partial charge in [0.05, 0.1) is 11.2 Å². The van der Waals surface area contributed by atoms with Gasteiger partial charge in [-0.25, -0.2) is 14.4 Å². The number of nitrogens with zero attached hydrogens (tertiary/aromatic N) is 2. The summed E-state index contributed by atoms with van der Waals surface area (Å²) in [5.74, 6) is -0.845. The normalized spacial score (nSPS) is 10.7. The van der Waals surface area contributed by atoms with Crippen molar-refractivity contribution < 1.29 is 9.18 Å². The maximum Gasteiger partial charge on any atom is 0.293 e. The number of rotatable bonds is 4. The van der Waals surface area contributed by atoms with Crippen molar-refractivity contribution in [2.24, 2.45) is 0 Å². The topological polar surface area (TPSA) is 66.9 Å². The zero-order valence-electron chi connectivity index (χ0n) is 15.4. The van der Waals surface area contributed by atoms with E-state index in [4.69, 9.17) is 11.6 Å². The lowest BCUT2D eigenvalue weighted by Gasteiger charge is -2.11. The molecule has 1 aromatic heterocycles. The van der Waals surface area contributed by atoms with Gasteiger partial charge < -0.3 is 10.6 Å². The molecule has 0 spiro atoms. The van der Waals surface area contributed by atoms with Crippen molar-refractivity contribution in [1.82, 2.24) is 9.97 Å². The van der Waals surface area contributed by atoms with Gasteiger partial charge in [0.15, 0.2) is 0 Å². The van der Waals surface area contributed by atoms with Gasteiger partial charge >= 0.3 is 0 Å². The van der Waals surface area contributed by atoms with E-state index in [0.29, 0.717) is 11.3 Å². The van der Waals surface area contributed by atoms with Crippen LogP contribution in [-0.2, 0) is 0 Å². The Kier molecular flexibility index (Phi) is 5.10. The van der Waals surface area contributed by atoms with Crippen LogP contribution in [-0.4, -0.2) is 15.9 Å². The largest absolute Gasteiger partial charge is 0.340 e. The van der Waals surface area contributed by atoms with Crippen LogP contribution < -0.4 is 10.6 Å². The summed E-state index contributed by atoms with van der Waals surface area (Å²) in [6.45, 7) is 2.00. The van der Waals surface area contributed by atoms with Crippen molar-refractivity contribution >= 4 is 45.6 Å². The van der Waals surface area contributed by atoms with Crippen molar-refractivity contribution in [2.75, 3.05) is 10.6 Å². The Morgan fingerprint density at radius 2 is 1.76 bits per heavy atom. The van der Waals surface area contributed by atoms with E-state index in [-0.39, 0.29) is 16.5 Å². The molecule has 2 N–H and O–H groups in total. The van der Waals surface area contributed by atoms with Gasteiger partial charge in [-0.3, -0.25) is 4.79 Å². The maximum absolute atomic E-state index is 14.0. The molecule has 5 nitrogen and oxygen atoms in total. The third-order valence-electron chi connectivity index (χ3n) is 4.30. The number of amides is 1. The first-order chi connectivity index (χ1) is 14.0. The van der Waals surface area contributed by atoms with E-state index in [1.807, 2.05) is 49.4 Å². The summed E-state index contributed by atoms with van der Waals surface area (Å²) >= 11 is 5.76. The molecule has 29 heavy (non-hydrogen) atoms. The minimum Gasteiger partial charge on any atom is -0.340 e. The average molecular weight is 407 g/mol. The Hall–Kier alpha value is -3.51. The van der Waals surface area contributed by atoms with Crippen molar-refractivity contribution in [2.45, 2.75) is 6.92 Å². The minimum absolute atomic E-state index is 0.00389. The molecule has 4 aromatic rings. The molecule has 0 bridgehead atoms. The lowest BCUT2D eigenvalue weighted by molar-refractivity contribution is 0.101. The number of para-hydroxylation sites is 1. The average Bonchev–Trinajstić information content (AvgIpc) is 2.71. The Labute approximate surface area is 171 Å². The van der Waals surface area contributed by atoms with E-state index in [1.54, 1.807) is 6.07 Å². The van der Waals surface area contributed by atoms with E-state index in [2.05, 4.69) is 20.6 Å². The highest BCUT2D eigenvalue weighted by Crippen LogP contribution is 2.25. The summed E-state index contributed by atoms with van der Waals surface area (Å²) < 4.78 is 14.0. The highest BCUT2D eigenvalue weighted by atomic mass is 35.5. The van der Waals surface area contributed by atoms with E-state index in [1.165, 1.54) is 12.1 Å². The van der Waals surface area contributed by atoms with Gasteiger partial charge in [0, 0.05) is 16.1 Å². The van der Waals surface area contributed by atoms with Gasteiger partial charge in [-0.15, -0.1) is 0 Å². The molecule has 4 rings (SSSR count). The zero-order chi connectivity index (χ0) is 20.4. The van der Waals surface area contributed by atoms with Gasteiger partial charge in [-0.05, 0) is 49.4 Å². The molecule has 0 radical (unpaired) electrons. The van der Waals surface area contributed by atoms with Crippen molar-refractivity contribution in [3.8, 4) is 0 Å². The third kappa shape index (κ3) is 4.17. The number of benzene rings is 3. The second-order valence-corrected chi connectivity index (χ2v) is 6.92.